The van der Waals surface area contributed by atoms with Gasteiger partial charge in [-0.15, -0.1) is 11.8 Å². The molecule has 0 saturated heterocycles. The molecule has 0 aliphatic rings. The number of nitriles is 1. The van der Waals surface area contributed by atoms with Crippen molar-refractivity contribution in [2.45, 2.75) is 25.2 Å². The molecule has 0 aromatic heterocycles. The second kappa shape index (κ2) is 7.04. The van der Waals surface area contributed by atoms with E-state index in [4.69, 9.17) is 5.26 Å². The molecular weight excluding hydrogens is 248 g/mol. The summed E-state index contributed by atoms with van der Waals surface area (Å²) in [6.45, 7) is 3.56. The summed E-state index contributed by atoms with van der Waals surface area (Å²) >= 11 is 1.38. The maximum Gasteiger partial charge on any atom is 0.234 e. The van der Waals surface area contributed by atoms with Gasteiger partial charge in [0.15, 0.2) is 0 Å². The van der Waals surface area contributed by atoms with Gasteiger partial charge in [0.05, 0.1) is 23.1 Å². The minimum atomic E-state index is -0.450. The molecular formula is C13H16N2O2S. The van der Waals surface area contributed by atoms with E-state index in [-0.39, 0.29) is 16.9 Å². The van der Waals surface area contributed by atoms with Gasteiger partial charge in [0.25, 0.3) is 0 Å². The number of thioether (sulfide) groups is 1. The van der Waals surface area contributed by atoms with E-state index < -0.39 is 6.10 Å². The zero-order chi connectivity index (χ0) is 13.5. The standard InChI is InChI=1S/C13H16N2O2S/c1-9(16)10(2)18-8-13(17)15-12-6-4-3-5-11(12)7-14/h3-6,9-10,16H,8H2,1-2H3,(H,15,17). The van der Waals surface area contributed by atoms with Crippen LogP contribution in [0.25, 0.3) is 0 Å². The fourth-order valence-corrected chi connectivity index (χ4v) is 1.99. The van der Waals surface area contributed by atoms with Crippen LogP contribution in [0.4, 0.5) is 5.69 Å². The van der Waals surface area contributed by atoms with Crippen LogP contribution in [0.3, 0.4) is 0 Å². The van der Waals surface area contributed by atoms with Gasteiger partial charge in [0, 0.05) is 5.25 Å². The second-order valence-corrected chi connectivity index (χ2v) is 5.33. The molecule has 18 heavy (non-hydrogen) atoms. The highest BCUT2D eigenvalue weighted by molar-refractivity contribution is 8.00. The Hall–Kier alpha value is -1.51. The fraction of sp³-hybridized carbons (Fsp3) is 0.385. The van der Waals surface area contributed by atoms with Crippen LogP contribution in [-0.2, 0) is 4.79 Å². The number of anilines is 1. The highest BCUT2D eigenvalue weighted by Gasteiger charge is 2.12. The molecule has 0 aliphatic heterocycles. The number of hydrogen-bond donors (Lipinski definition) is 2. The molecule has 0 fully saturated rings. The van der Waals surface area contributed by atoms with Gasteiger partial charge in [0.1, 0.15) is 6.07 Å². The Bertz CT molecular complexity index is 455. The Balaban J connectivity index is 2.53. The molecule has 2 N–H and O–H groups in total. The van der Waals surface area contributed by atoms with Gasteiger partial charge in [-0.05, 0) is 19.1 Å². The molecule has 0 bridgehead atoms. The largest absolute Gasteiger partial charge is 0.392 e. The molecule has 5 heteroatoms. The van der Waals surface area contributed by atoms with Gasteiger partial charge in [-0.3, -0.25) is 4.79 Å². The molecule has 0 radical (unpaired) electrons. The first-order valence-electron chi connectivity index (χ1n) is 5.63. The third kappa shape index (κ3) is 4.40. The maximum atomic E-state index is 11.7. The highest BCUT2D eigenvalue weighted by Crippen LogP contribution is 2.17. The minimum Gasteiger partial charge on any atom is -0.392 e. The van der Waals surface area contributed by atoms with E-state index in [1.807, 2.05) is 13.0 Å². The molecule has 0 heterocycles. The van der Waals surface area contributed by atoms with Gasteiger partial charge in [-0.2, -0.15) is 5.26 Å². The van der Waals surface area contributed by atoms with Gasteiger partial charge in [-0.1, -0.05) is 19.1 Å². The quantitative estimate of drug-likeness (QED) is 0.853. The van der Waals surface area contributed by atoms with E-state index in [0.29, 0.717) is 11.3 Å². The van der Waals surface area contributed by atoms with Gasteiger partial charge in [0.2, 0.25) is 5.91 Å². The van der Waals surface area contributed by atoms with Crippen LogP contribution in [0.1, 0.15) is 19.4 Å². The van der Waals surface area contributed by atoms with Gasteiger partial charge < -0.3 is 10.4 Å². The van der Waals surface area contributed by atoms with E-state index in [2.05, 4.69) is 5.32 Å². The zero-order valence-corrected chi connectivity index (χ0v) is 11.2. The lowest BCUT2D eigenvalue weighted by Crippen LogP contribution is -2.21. The van der Waals surface area contributed by atoms with Crippen molar-refractivity contribution < 1.29 is 9.90 Å². The van der Waals surface area contributed by atoms with Crippen LogP contribution in [0.15, 0.2) is 24.3 Å². The molecule has 2 atom stereocenters. The number of aliphatic hydroxyl groups is 1. The number of carbonyl (C=O) groups excluding carboxylic acids is 1. The summed E-state index contributed by atoms with van der Waals surface area (Å²) < 4.78 is 0. The molecule has 2 unspecified atom stereocenters. The number of amides is 1. The molecule has 1 rings (SSSR count). The summed E-state index contributed by atoms with van der Waals surface area (Å²) in [6, 6.07) is 8.88. The van der Waals surface area contributed by atoms with Gasteiger partial charge >= 0.3 is 0 Å². The highest BCUT2D eigenvalue weighted by atomic mass is 32.2. The fourth-order valence-electron chi connectivity index (χ4n) is 1.22. The smallest absolute Gasteiger partial charge is 0.234 e. The number of hydrogen-bond acceptors (Lipinski definition) is 4. The third-order valence-electron chi connectivity index (χ3n) is 2.48. The Kier molecular flexibility index (Phi) is 5.69. The topological polar surface area (TPSA) is 73.1 Å². The minimum absolute atomic E-state index is 0.00182. The summed E-state index contributed by atoms with van der Waals surface area (Å²) in [4.78, 5) is 11.7. The lowest BCUT2D eigenvalue weighted by Gasteiger charge is -2.13. The molecule has 0 spiro atoms. The lowest BCUT2D eigenvalue weighted by molar-refractivity contribution is -0.113. The van der Waals surface area contributed by atoms with E-state index >= 15 is 0 Å². The molecule has 96 valence electrons. The van der Waals surface area contributed by atoms with Crippen LogP contribution in [0.2, 0.25) is 0 Å². The summed E-state index contributed by atoms with van der Waals surface area (Å²) in [5.74, 6) is 0.0847. The Morgan fingerprint density at radius 3 is 2.78 bits per heavy atom. The number of benzene rings is 1. The Morgan fingerprint density at radius 2 is 2.17 bits per heavy atom. The third-order valence-corrected chi connectivity index (χ3v) is 3.83. The first kappa shape index (κ1) is 14.6. The SMILES string of the molecule is CC(O)C(C)SCC(=O)Nc1ccccc1C#N. The van der Waals surface area contributed by atoms with Crippen LogP contribution in [0, 0.1) is 11.3 Å². The first-order chi connectivity index (χ1) is 8.54. The summed E-state index contributed by atoms with van der Waals surface area (Å²) in [5.41, 5.74) is 0.967. The number of rotatable bonds is 5. The molecule has 4 nitrogen and oxygen atoms in total. The van der Waals surface area contributed by atoms with Crippen LogP contribution in [-0.4, -0.2) is 28.1 Å². The molecule has 1 aromatic carbocycles. The van der Waals surface area contributed by atoms with Crippen LogP contribution < -0.4 is 5.32 Å². The lowest BCUT2D eigenvalue weighted by atomic mass is 10.2. The number of aliphatic hydroxyl groups excluding tert-OH is 1. The number of carbonyl (C=O) groups is 1. The van der Waals surface area contributed by atoms with Crippen LogP contribution in [0.5, 0.6) is 0 Å². The van der Waals surface area contributed by atoms with Gasteiger partial charge in [-0.25, -0.2) is 0 Å². The summed E-state index contributed by atoms with van der Waals surface area (Å²) in [6.07, 6.45) is -0.450. The number of nitrogens with one attached hydrogen (secondary N) is 1. The summed E-state index contributed by atoms with van der Waals surface area (Å²) in [7, 11) is 0. The molecule has 1 amide bonds. The van der Waals surface area contributed by atoms with Crippen molar-refractivity contribution >= 4 is 23.4 Å². The van der Waals surface area contributed by atoms with Crippen molar-refractivity contribution in [3.8, 4) is 6.07 Å². The number of para-hydroxylation sites is 1. The summed E-state index contributed by atoms with van der Waals surface area (Å²) in [5, 5.41) is 20.9. The van der Waals surface area contributed by atoms with Crippen molar-refractivity contribution in [2.24, 2.45) is 0 Å². The molecule has 0 saturated carbocycles. The van der Waals surface area contributed by atoms with Crippen molar-refractivity contribution in [1.29, 1.82) is 5.26 Å². The van der Waals surface area contributed by atoms with Crippen molar-refractivity contribution in [3.63, 3.8) is 0 Å². The molecule has 1 aromatic rings. The average Bonchev–Trinajstić information content (AvgIpc) is 2.36. The molecule has 0 aliphatic carbocycles. The van der Waals surface area contributed by atoms with Crippen LogP contribution >= 0.6 is 11.8 Å². The Labute approximate surface area is 111 Å². The zero-order valence-electron chi connectivity index (χ0n) is 10.4. The average molecular weight is 264 g/mol. The number of nitrogens with zero attached hydrogens (tertiary/aromatic N) is 1. The van der Waals surface area contributed by atoms with E-state index in [1.165, 1.54) is 11.8 Å². The predicted molar refractivity (Wildman–Crippen MR) is 73.4 cm³/mol. The van der Waals surface area contributed by atoms with Crippen molar-refractivity contribution in [1.82, 2.24) is 0 Å². The monoisotopic (exact) mass is 264 g/mol. The predicted octanol–water partition coefficient (Wildman–Crippen LogP) is 2.00. The van der Waals surface area contributed by atoms with E-state index in [1.54, 1.807) is 31.2 Å². The van der Waals surface area contributed by atoms with E-state index in [0.717, 1.165) is 0 Å². The van der Waals surface area contributed by atoms with E-state index in [9.17, 15) is 9.90 Å². The van der Waals surface area contributed by atoms with Crippen molar-refractivity contribution in [2.75, 3.05) is 11.1 Å². The maximum absolute atomic E-state index is 11.7. The first-order valence-corrected chi connectivity index (χ1v) is 6.68. The second-order valence-electron chi connectivity index (χ2n) is 3.96. The Morgan fingerprint density at radius 1 is 1.50 bits per heavy atom. The normalized spacial score (nSPS) is 13.4. The van der Waals surface area contributed by atoms with Crippen molar-refractivity contribution in [3.05, 3.63) is 29.8 Å².